The normalized spacial score (nSPS) is 25.9. The molecule has 0 spiro atoms. The van der Waals surface area contributed by atoms with Crippen LogP contribution in [0.5, 0.6) is 11.5 Å². The van der Waals surface area contributed by atoms with Crippen molar-refractivity contribution in [3.63, 3.8) is 0 Å². The number of esters is 1. The summed E-state index contributed by atoms with van der Waals surface area (Å²) in [5, 5.41) is 0. The number of rotatable bonds is 9. The fourth-order valence-electron chi connectivity index (χ4n) is 5.69. The maximum atomic E-state index is 14.0. The third kappa shape index (κ3) is 5.24. The van der Waals surface area contributed by atoms with Crippen molar-refractivity contribution >= 4 is 22.9 Å². The zero-order chi connectivity index (χ0) is 28.0. The van der Waals surface area contributed by atoms with Gasteiger partial charge in [-0.1, -0.05) is 37.3 Å². The number of likely N-dealkylation sites (tertiary alicyclic amines) is 1. The molecule has 2 saturated heterocycles. The van der Waals surface area contributed by atoms with E-state index in [0.29, 0.717) is 25.4 Å². The van der Waals surface area contributed by atoms with Crippen LogP contribution in [0.3, 0.4) is 0 Å². The highest BCUT2D eigenvalue weighted by molar-refractivity contribution is 7.84. The van der Waals surface area contributed by atoms with E-state index >= 15 is 0 Å². The molecule has 0 N–H and O–H groups in total. The predicted octanol–water partition coefficient (Wildman–Crippen LogP) is 4.41. The summed E-state index contributed by atoms with van der Waals surface area (Å²) in [6.07, 6.45) is 1.47. The highest BCUT2D eigenvalue weighted by Gasteiger charge is 2.65. The van der Waals surface area contributed by atoms with Gasteiger partial charge in [0.25, 0.3) is 0 Å². The monoisotopic (exact) mass is 554 g/mol. The highest BCUT2D eigenvalue weighted by atomic mass is 32.2. The summed E-state index contributed by atoms with van der Waals surface area (Å²) in [4.78, 5) is 28.4. The fraction of sp³-hybridized carbons (Fsp3) is 0.533. The summed E-state index contributed by atoms with van der Waals surface area (Å²) in [5.41, 5.74) is 0.0945. The first kappa shape index (κ1) is 27.8. The van der Waals surface area contributed by atoms with Gasteiger partial charge in [-0.25, -0.2) is 9.00 Å². The maximum Gasteiger partial charge on any atom is 0.328 e. The van der Waals surface area contributed by atoms with Crippen LogP contribution in [0, 0.1) is 5.41 Å². The summed E-state index contributed by atoms with van der Waals surface area (Å²) >= 11 is 0. The first-order valence-electron chi connectivity index (χ1n) is 13.6. The van der Waals surface area contributed by atoms with Gasteiger partial charge in [0.2, 0.25) is 5.91 Å². The molecule has 3 aliphatic rings. The summed E-state index contributed by atoms with van der Waals surface area (Å²) < 4.78 is 32.1. The minimum atomic E-state index is -1.53. The number of ether oxygens (including phenoxy) is 3. The van der Waals surface area contributed by atoms with Crippen LogP contribution in [-0.4, -0.2) is 68.5 Å². The molecular formula is C30H38N2O6S. The largest absolute Gasteiger partial charge is 0.464 e. The summed E-state index contributed by atoms with van der Waals surface area (Å²) in [5.74, 6) is 0.856. The molecule has 0 aromatic heterocycles. The average molecular weight is 555 g/mol. The number of benzene rings is 2. The molecule has 5 rings (SSSR count). The number of carbonyl (C=O) groups excluding carboxylic acids is 2. The van der Waals surface area contributed by atoms with Crippen LogP contribution in [-0.2, 0) is 35.6 Å². The van der Waals surface area contributed by atoms with Crippen molar-refractivity contribution in [3.8, 4) is 11.5 Å². The van der Waals surface area contributed by atoms with Crippen molar-refractivity contribution in [2.75, 3.05) is 26.4 Å². The topological polar surface area (TPSA) is 85.4 Å². The molecular weight excluding hydrogens is 516 g/mol. The Bertz CT molecular complexity index is 1240. The van der Waals surface area contributed by atoms with E-state index in [1.165, 1.54) is 0 Å². The number of carbonyl (C=O) groups is 2. The molecule has 0 radical (unpaired) electrons. The van der Waals surface area contributed by atoms with Crippen LogP contribution in [0.4, 0.5) is 0 Å². The van der Waals surface area contributed by atoms with E-state index in [9.17, 15) is 13.8 Å². The van der Waals surface area contributed by atoms with E-state index in [1.807, 2.05) is 75.4 Å². The molecule has 4 atom stereocenters. The Morgan fingerprint density at radius 3 is 2.26 bits per heavy atom. The Kier molecular flexibility index (Phi) is 7.37. The Labute approximate surface area is 233 Å². The number of para-hydroxylation sites is 1. The fourth-order valence-corrected chi connectivity index (χ4v) is 7.11. The maximum absolute atomic E-state index is 14.0. The SMILES string of the molecule is CCOC(=O)[C@@H]1C[C@]2(C)C[C@@H]2N1C(=O)CN(S(=O)C(C)(C)C)C1(c2ccc(Oc3ccccc3)cc2)COC1. The molecule has 3 fully saturated rings. The molecule has 1 unspecified atom stereocenters. The minimum absolute atomic E-state index is 0.00679. The predicted molar refractivity (Wildman–Crippen MR) is 148 cm³/mol. The van der Waals surface area contributed by atoms with Crippen molar-refractivity contribution in [2.24, 2.45) is 5.41 Å². The molecule has 0 bridgehead atoms. The van der Waals surface area contributed by atoms with Crippen molar-refractivity contribution in [1.29, 1.82) is 0 Å². The molecule has 1 aliphatic carbocycles. The van der Waals surface area contributed by atoms with E-state index in [4.69, 9.17) is 14.2 Å². The molecule has 2 aromatic rings. The molecule has 1 saturated carbocycles. The van der Waals surface area contributed by atoms with Crippen LogP contribution >= 0.6 is 0 Å². The summed E-state index contributed by atoms with van der Waals surface area (Å²) in [6.45, 7) is 10.4. The number of nitrogens with zero attached hydrogens (tertiary/aromatic N) is 2. The molecule has 1 amide bonds. The van der Waals surface area contributed by atoms with Gasteiger partial charge in [0.1, 0.15) is 34.1 Å². The number of hydrogen-bond donors (Lipinski definition) is 0. The highest BCUT2D eigenvalue weighted by Crippen LogP contribution is 2.59. The van der Waals surface area contributed by atoms with Crippen molar-refractivity contribution < 1.29 is 28.0 Å². The Morgan fingerprint density at radius 1 is 1.05 bits per heavy atom. The van der Waals surface area contributed by atoms with E-state index in [0.717, 1.165) is 17.7 Å². The smallest absolute Gasteiger partial charge is 0.328 e. The molecule has 2 aromatic carbocycles. The zero-order valence-corrected chi connectivity index (χ0v) is 24.2. The van der Waals surface area contributed by atoms with Crippen LogP contribution in [0.15, 0.2) is 54.6 Å². The van der Waals surface area contributed by atoms with Crippen LogP contribution in [0.1, 0.15) is 53.0 Å². The van der Waals surface area contributed by atoms with Gasteiger partial charge in [-0.15, -0.1) is 0 Å². The summed E-state index contributed by atoms with van der Waals surface area (Å²) in [6, 6.07) is 16.6. The lowest BCUT2D eigenvalue weighted by molar-refractivity contribution is -0.156. The van der Waals surface area contributed by atoms with E-state index in [2.05, 4.69) is 6.92 Å². The summed E-state index contributed by atoms with van der Waals surface area (Å²) in [7, 11) is -1.53. The van der Waals surface area contributed by atoms with Gasteiger partial charge in [0, 0.05) is 6.04 Å². The lowest BCUT2D eigenvalue weighted by atomic mass is 9.87. The molecule has 8 nitrogen and oxygen atoms in total. The molecule has 39 heavy (non-hydrogen) atoms. The third-order valence-corrected chi connectivity index (χ3v) is 9.94. The Hall–Kier alpha value is -2.75. The first-order chi connectivity index (χ1) is 18.5. The second kappa shape index (κ2) is 10.3. The van der Waals surface area contributed by atoms with Gasteiger partial charge in [-0.2, -0.15) is 4.31 Å². The molecule has 9 heteroatoms. The van der Waals surface area contributed by atoms with E-state index in [-0.39, 0.29) is 36.5 Å². The lowest BCUT2D eigenvalue weighted by Gasteiger charge is -2.50. The van der Waals surface area contributed by atoms with Gasteiger partial charge >= 0.3 is 5.97 Å². The van der Waals surface area contributed by atoms with Crippen molar-refractivity contribution in [1.82, 2.24) is 9.21 Å². The molecule has 210 valence electrons. The van der Waals surface area contributed by atoms with Gasteiger partial charge in [-0.05, 0) is 75.8 Å². The van der Waals surface area contributed by atoms with Gasteiger partial charge in [0.05, 0.1) is 31.1 Å². The number of piperidine rings is 1. The molecule has 2 heterocycles. The number of amides is 1. The first-order valence-corrected chi connectivity index (χ1v) is 14.7. The van der Waals surface area contributed by atoms with E-state index < -0.39 is 27.3 Å². The van der Waals surface area contributed by atoms with Crippen molar-refractivity contribution in [3.05, 3.63) is 60.2 Å². The Morgan fingerprint density at radius 2 is 1.69 bits per heavy atom. The van der Waals surface area contributed by atoms with Crippen LogP contribution in [0.2, 0.25) is 0 Å². The Balaban J connectivity index is 1.42. The quantitative estimate of drug-likeness (QED) is 0.427. The van der Waals surface area contributed by atoms with Crippen LogP contribution < -0.4 is 4.74 Å². The molecule has 2 aliphatic heterocycles. The van der Waals surface area contributed by atoms with Crippen molar-refractivity contribution in [2.45, 2.75) is 69.8 Å². The second-order valence-electron chi connectivity index (χ2n) is 12.0. The van der Waals surface area contributed by atoms with E-state index in [1.54, 1.807) is 16.1 Å². The van der Waals surface area contributed by atoms with Gasteiger partial charge in [-0.3, -0.25) is 4.79 Å². The zero-order valence-electron chi connectivity index (χ0n) is 23.3. The van der Waals surface area contributed by atoms with Gasteiger partial charge in [0.15, 0.2) is 0 Å². The number of hydrogen-bond acceptors (Lipinski definition) is 6. The standard InChI is InChI=1S/C30H38N2O6S/c1-6-37-27(34)24-16-29(5)17-25(29)32(24)26(33)18-31(39(35)28(2,3)4)30(19-36-20-30)21-12-14-23(15-13-21)38-22-10-8-7-9-11-22/h7-15,24-25H,6,16-20H2,1-5H3/t24-,25-,29+,39?/m0/s1. The van der Waals surface area contributed by atoms with Gasteiger partial charge < -0.3 is 19.1 Å². The number of fused-ring (bicyclic) bond motifs is 1. The second-order valence-corrected chi connectivity index (χ2v) is 14.2. The third-order valence-electron chi connectivity index (χ3n) is 8.01. The minimum Gasteiger partial charge on any atom is -0.464 e. The van der Waals surface area contributed by atoms with Crippen LogP contribution in [0.25, 0.3) is 0 Å². The lowest BCUT2D eigenvalue weighted by Crippen LogP contribution is -2.64. The average Bonchev–Trinajstić information content (AvgIpc) is 3.43.